The number of nitrogens with one attached hydrogen (secondary N) is 1. The Hall–Kier alpha value is -7.95. The van der Waals surface area contributed by atoms with E-state index in [0.717, 1.165) is 0 Å². The molecule has 1 heterocycles. The van der Waals surface area contributed by atoms with Crippen LogP contribution in [0.4, 0.5) is 0 Å². The Balaban J connectivity index is 1.44. The van der Waals surface area contributed by atoms with E-state index < -0.39 is 119 Å². The van der Waals surface area contributed by atoms with Gasteiger partial charge in [-0.1, -0.05) is 72.8 Å². The minimum absolute atomic E-state index is 0.0322. The lowest BCUT2D eigenvalue weighted by molar-refractivity contribution is -0.198. The summed E-state index contributed by atoms with van der Waals surface area (Å²) >= 11 is 0. The first-order valence-electron chi connectivity index (χ1n) is 28.3. The highest BCUT2D eigenvalue weighted by molar-refractivity contribution is 6.02. The quantitative estimate of drug-likeness (QED) is 0.0203. The number of ether oxygens (including phenoxy) is 1. The number of nitrogens with zero attached hydrogens (tertiary/aromatic N) is 2. The summed E-state index contributed by atoms with van der Waals surface area (Å²) in [6.07, 6.45) is -4.05. The summed E-state index contributed by atoms with van der Waals surface area (Å²) in [4.78, 5) is 167. The van der Waals surface area contributed by atoms with Crippen molar-refractivity contribution in [3.63, 3.8) is 0 Å². The van der Waals surface area contributed by atoms with Crippen LogP contribution in [0.15, 0.2) is 89.9 Å². The van der Waals surface area contributed by atoms with Gasteiger partial charge in [0.1, 0.15) is 52.3 Å². The van der Waals surface area contributed by atoms with Crippen molar-refractivity contribution in [2.75, 3.05) is 26.4 Å². The molecule has 3 aromatic rings. The summed E-state index contributed by atoms with van der Waals surface area (Å²) in [5.74, 6) is -11.4. The van der Waals surface area contributed by atoms with E-state index in [1.54, 1.807) is 72.8 Å². The second kappa shape index (κ2) is 35.9. The first-order chi connectivity index (χ1) is 40.0. The molecule has 3 amide bonds. The monoisotopic (exact) mass is 1170 g/mol. The first kappa shape index (κ1) is 68.5. The maximum atomic E-state index is 14.7. The summed E-state index contributed by atoms with van der Waals surface area (Å²) < 4.78 is 5.36. The number of nitrogens with two attached hydrogens (primary N) is 2. The van der Waals surface area contributed by atoms with Crippen LogP contribution in [0.25, 0.3) is 0 Å². The number of amides is 3. The van der Waals surface area contributed by atoms with Gasteiger partial charge in [-0.15, -0.1) is 5.06 Å². The van der Waals surface area contributed by atoms with Gasteiger partial charge in [-0.3, -0.25) is 57.7 Å². The Morgan fingerprint density at radius 1 is 0.595 bits per heavy atom. The highest BCUT2D eigenvalue weighted by Crippen LogP contribution is 2.28. The van der Waals surface area contributed by atoms with Gasteiger partial charge in [-0.2, -0.15) is 0 Å². The van der Waals surface area contributed by atoms with Crippen LogP contribution in [0.1, 0.15) is 127 Å². The molecule has 1 fully saturated rings. The maximum Gasteiger partial charge on any atom is 0.335 e. The van der Waals surface area contributed by atoms with Crippen molar-refractivity contribution in [2.24, 2.45) is 46.0 Å². The number of imide groups is 1. The van der Waals surface area contributed by atoms with Crippen LogP contribution in [0, 0.1) is 29.6 Å². The minimum Gasteiger partial charge on any atom is -0.508 e. The number of ketones is 8. The fourth-order valence-electron chi connectivity index (χ4n) is 9.68. The molecule has 7 unspecified atom stereocenters. The number of Topliss-reactive ketones (excluding diaryl/α,β-unsaturated/α-hetero) is 8. The molecule has 0 spiro atoms. The summed E-state index contributed by atoms with van der Waals surface area (Å²) in [5, 5.41) is 33.7. The molecule has 22 nitrogen and oxygen atoms in total. The van der Waals surface area contributed by atoms with E-state index in [2.05, 4.69) is 10.3 Å². The normalized spacial score (nSPS) is 14.7. The third kappa shape index (κ3) is 24.9. The highest BCUT2D eigenvalue weighted by Gasteiger charge is 2.36. The topological polar surface area (TPSA) is 364 Å². The van der Waals surface area contributed by atoms with Crippen molar-refractivity contribution in [3.05, 3.63) is 102 Å². The van der Waals surface area contributed by atoms with Gasteiger partial charge in [-0.05, 0) is 74.8 Å². The number of aromatic hydroxyl groups is 1. The number of aliphatic imine (C=N–C) groups is 1. The second-order valence-electron chi connectivity index (χ2n) is 21.3. The molecule has 0 radical (unpaired) electrons. The zero-order chi connectivity index (χ0) is 61.7. The number of aliphatic hydroxyl groups excluding tert-OH is 2. The van der Waals surface area contributed by atoms with Crippen molar-refractivity contribution in [2.45, 2.75) is 142 Å². The van der Waals surface area contributed by atoms with Gasteiger partial charge in [0.2, 0.25) is 5.91 Å². The van der Waals surface area contributed by atoms with Crippen molar-refractivity contribution in [3.8, 4) is 5.75 Å². The van der Waals surface area contributed by atoms with Gasteiger partial charge in [0.05, 0.1) is 32.3 Å². The molecular weight excluding hydrogens is 1090 g/mol. The number of hydrogen-bond acceptors (Lipinski definition) is 18. The average Bonchev–Trinajstić information content (AvgIpc) is 3.89. The zero-order valence-corrected chi connectivity index (χ0v) is 47.8. The molecular formula is C62H79N5O17. The van der Waals surface area contributed by atoms with Gasteiger partial charge in [0.25, 0.3) is 11.8 Å². The predicted octanol–water partition coefficient (Wildman–Crippen LogP) is 3.90. The second-order valence-corrected chi connectivity index (χ2v) is 21.3. The summed E-state index contributed by atoms with van der Waals surface area (Å²) in [7, 11) is 0. The zero-order valence-electron chi connectivity index (χ0n) is 47.8. The third-order valence-electron chi connectivity index (χ3n) is 14.6. The molecule has 3 aromatic carbocycles. The van der Waals surface area contributed by atoms with Crippen molar-refractivity contribution >= 4 is 75.9 Å². The third-order valence-corrected chi connectivity index (χ3v) is 14.6. The minimum atomic E-state index is -1.46. The SMILES string of the molecule is CC(=O)C(CCCN=C(N)N)CC(=O)C(CO)CC(=O)CCC(=O)CCC(=O)C(CC(=O)C(CC(=O)C(CC(=O)C(NC(=O)CCOCCC(=O)ON1C(=O)CCC1=O)C(C)O)Cc1ccccc1)Cc1ccccc1)Cc1ccc(O)cc1. The Morgan fingerprint density at radius 2 is 1.07 bits per heavy atom. The molecule has 22 heteroatoms. The maximum absolute atomic E-state index is 14.7. The van der Waals surface area contributed by atoms with Crippen molar-refractivity contribution < 1.29 is 82.4 Å². The van der Waals surface area contributed by atoms with Crippen LogP contribution in [0.5, 0.6) is 5.75 Å². The molecule has 1 aliphatic rings. The number of phenolic OH excluding ortho intramolecular Hbond substituents is 1. The number of guanidine groups is 1. The van der Waals surface area contributed by atoms with Crippen LogP contribution in [0.3, 0.4) is 0 Å². The summed E-state index contributed by atoms with van der Waals surface area (Å²) in [6.45, 7) is 1.82. The van der Waals surface area contributed by atoms with E-state index >= 15 is 0 Å². The Labute approximate surface area is 488 Å². The molecule has 1 aliphatic heterocycles. The molecule has 1 saturated heterocycles. The first-order valence-corrected chi connectivity index (χ1v) is 28.3. The molecule has 0 aliphatic carbocycles. The van der Waals surface area contributed by atoms with Gasteiger partial charge in [0, 0.05) is 113 Å². The number of hydroxylamine groups is 2. The van der Waals surface area contributed by atoms with Crippen LogP contribution >= 0.6 is 0 Å². The number of carbonyl (C=O) groups excluding carboxylic acids is 12. The Bertz CT molecular complexity index is 2770. The number of phenols is 1. The number of benzene rings is 3. The van der Waals surface area contributed by atoms with E-state index in [4.69, 9.17) is 21.0 Å². The van der Waals surface area contributed by atoms with E-state index in [-0.39, 0.29) is 134 Å². The van der Waals surface area contributed by atoms with E-state index in [1.807, 2.05) is 0 Å². The van der Waals surface area contributed by atoms with Gasteiger partial charge >= 0.3 is 5.97 Å². The van der Waals surface area contributed by atoms with Crippen LogP contribution in [-0.4, -0.2) is 135 Å². The summed E-state index contributed by atoms with van der Waals surface area (Å²) in [6, 6.07) is 22.3. The smallest absolute Gasteiger partial charge is 0.335 e. The van der Waals surface area contributed by atoms with Crippen molar-refractivity contribution in [1.29, 1.82) is 0 Å². The Kier molecular flexibility index (Phi) is 29.3. The van der Waals surface area contributed by atoms with E-state index in [9.17, 15) is 72.9 Å². The lowest BCUT2D eigenvalue weighted by Gasteiger charge is -2.25. The molecule has 0 aromatic heterocycles. The van der Waals surface area contributed by atoms with Gasteiger partial charge in [-0.25, -0.2) is 4.79 Å². The summed E-state index contributed by atoms with van der Waals surface area (Å²) in [5.41, 5.74) is 12.7. The number of carbonyl (C=O) groups is 12. The lowest BCUT2D eigenvalue weighted by Crippen LogP contribution is -2.48. The molecule has 454 valence electrons. The van der Waals surface area contributed by atoms with Crippen molar-refractivity contribution in [1.82, 2.24) is 10.4 Å². The average molecular weight is 1170 g/mol. The van der Waals surface area contributed by atoms with Crippen LogP contribution < -0.4 is 16.8 Å². The van der Waals surface area contributed by atoms with Gasteiger partial charge < -0.3 is 41.7 Å². The van der Waals surface area contributed by atoms with Gasteiger partial charge in [0.15, 0.2) is 11.7 Å². The van der Waals surface area contributed by atoms with Crippen LogP contribution in [0.2, 0.25) is 0 Å². The molecule has 8 N–H and O–H groups in total. The molecule has 0 saturated carbocycles. The number of hydrogen-bond donors (Lipinski definition) is 6. The van der Waals surface area contributed by atoms with E-state index in [0.29, 0.717) is 34.6 Å². The highest BCUT2D eigenvalue weighted by atomic mass is 16.7. The fourth-order valence-corrected chi connectivity index (χ4v) is 9.68. The molecule has 84 heavy (non-hydrogen) atoms. The number of aliphatic hydroxyl groups is 2. The molecule has 0 bridgehead atoms. The van der Waals surface area contributed by atoms with E-state index in [1.165, 1.54) is 26.0 Å². The predicted molar refractivity (Wildman–Crippen MR) is 305 cm³/mol. The fraction of sp³-hybridized carbons (Fsp3) is 0.500. The van der Waals surface area contributed by atoms with Crippen LogP contribution in [-0.2, 0) is 86.4 Å². The number of rotatable bonds is 42. The lowest BCUT2D eigenvalue weighted by atomic mass is 9.79. The molecule has 4 rings (SSSR count). The largest absolute Gasteiger partial charge is 0.508 e. The standard InChI is InChI=1S/C62H79N5O17/c1-39(69)44(14-9-27-65-62(63)64)34-55(77)48(38-68)33-51(73)20-19-50(72)21-22-52(74)45(32-43-15-17-49(71)18-16-43)35-53(75)46(30-41-10-5-3-6-11-41)36-54(76)47(31-42-12-7-4-8-13-42)37-56(78)61(40(2)70)66-57(79)25-28-83-29-26-60(82)84-67-58(80)23-24-59(67)81/h3-8,10-13,15-18,40,44-48,61,68,70-71H,9,14,19-38H2,1-2H3,(H,66,79)(H4,63,64,65). The molecule has 7 atom stereocenters. The Morgan fingerprint density at radius 3 is 1.60 bits per heavy atom.